The van der Waals surface area contributed by atoms with Crippen LogP contribution in [0.25, 0.3) is 0 Å². The number of carbonyl (C=O) groups excluding carboxylic acids is 1. The van der Waals surface area contributed by atoms with Gasteiger partial charge < -0.3 is 4.90 Å². The van der Waals surface area contributed by atoms with Gasteiger partial charge in [-0.1, -0.05) is 11.6 Å². The Morgan fingerprint density at radius 3 is 2.85 bits per heavy atom. The minimum atomic E-state index is -0.348. The third-order valence-electron chi connectivity index (χ3n) is 3.31. The maximum absolute atomic E-state index is 13.3. The lowest BCUT2D eigenvalue weighted by atomic mass is 10.1. The molecule has 0 radical (unpaired) electrons. The zero-order valence-electron chi connectivity index (χ0n) is 10.4. The summed E-state index contributed by atoms with van der Waals surface area (Å²) in [5.41, 5.74) is 2.51. The lowest BCUT2D eigenvalue weighted by molar-refractivity contribution is -0.117. The normalized spacial score (nSPS) is 13.8. The van der Waals surface area contributed by atoms with Gasteiger partial charge in [-0.3, -0.25) is 4.79 Å². The smallest absolute Gasteiger partial charge is 0.231 e. The molecule has 102 valence electrons. The van der Waals surface area contributed by atoms with Crippen molar-refractivity contribution in [1.82, 2.24) is 0 Å². The van der Waals surface area contributed by atoms with E-state index in [1.165, 1.54) is 18.2 Å². The van der Waals surface area contributed by atoms with Gasteiger partial charge in [0.05, 0.1) is 13.0 Å². The zero-order valence-corrected chi connectivity index (χ0v) is 13.3. The molecule has 20 heavy (non-hydrogen) atoms. The summed E-state index contributed by atoms with van der Waals surface area (Å²) in [5, 5.41) is 0.471. The fourth-order valence-corrected chi connectivity index (χ4v) is 3.09. The summed E-state index contributed by atoms with van der Waals surface area (Å²) >= 11 is 8.29. The second kappa shape index (κ2) is 5.33. The molecule has 0 atom stereocenters. The molecule has 0 spiro atoms. The molecule has 0 aromatic heterocycles. The van der Waals surface area contributed by atoms with Crippen LogP contribution in [0.4, 0.5) is 10.1 Å². The standard InChI is InChI=1S/C15H10ClFINO/c16-13-3-1-11(17)5-10(13)8-19-14-4-2-12(18)6-9(14)7-15(19)20/h1-6H,7-8H2. The molecule has 0 aliphatic carbocycles. The monoisotopic (exact) mass is 401 g/mol. The first-order chi connectivity index (χ1) is 9.54. The Morgan fingerprint density at radius 1 is 1.25 bits per heavy atom. The average molecular weight is 402 g/mol. The molecule has 0 saturated heterocycles. The Bertz CT molecular complexity index is 704. The zero-order chi connectivity index (χ0) is 14.3. The highest BCUT2D eigenvalue weighted by atomic mass is 127. The van der Waals surface area contributed by atoms with Crippen molar-refractivity contribution in [3.63, 3.8) is 0 Å². The van der Waals surface area contributed by atoms with E-state index in [2.05, 4.69) is 22.6 Å². The molecule has 0 N–H and O–H groups in total. The molecular formula is C15H10ClFINO. The molecule has 1 aliphatic rings. The predicted molar refractivity (Wildman–Crippen MR) is 85.5 cm³/mol. The number of anilines is 1. The molecule has 1 amide bonds. The highest BCUT2D eigenvalue weighted by Gasteiger charge is 2.27. The number of fused-ring (bicyclic) bond motifs is 1. The Kier molecular flexibility index (Phi) is 3.69. The first-order valence-electron chi connectivity index (χ1n) is 6.07. The summed E-state index contributed by atoms with van der Waals surface area (Å²) in [5.74, 6) is -0.332. The predicted octanol–water partition coefficient (Wildman–Crippen LogP) is 4.17. The number of nitrogens with zero attached hydrogens (tertiary/aromatic N) is 1. The fourth-order valence-electron chi connectivity index (χ4n) is 2.36. The van der Waals surface area contributed by atoms with E-state index < -0.39 is 0 Å². The largest absolute Gasteiger partial charge is 0.307 e. The molecule has 3 rings (SSSR count). The molecular weight excluding hydrogens is 392 g/mol. The van der Waals surface area contributed by atoms with Gasteiger partial charge in [-0.25, -0.2) is 4.39 Å². The van der Waals surface area contributed by atoms with Crippen molar-refractivity contribution < 1.29 is 9.18 Å². The minimum Gasteiger partial charge on any atom is -0.307 e. The van der Waals surface area contributed by atoms with Crippen LogP contribution in [0.2, 0.25) is 5.02 Å². The van der Waals surface area contributed by atoms with E-state index in [0.29, 0.717) is 23.6 Å². The summed E-state index contributed by atoms with van der Waals surface area (Å²) in [6.45, 7) is 0.295. The van der Waals surface area contributed by atoms with Crippen molar-refractivity contribution >= 4 is 45.8 Å². The van der Waals surface area contributed by atoms with E-state index >= 15 is 0 Å². The highest BCUT2D eigenvalue weighted by molar-refractivity contribution is 14.1. The second-order valence-electron chi connectivity index (χ2n) is 4.67. The van der Waals surface area contributed by atoms with Crippen LogP contribution in [0.1, 0.15) is 11.1 Å². The number of carbonyl (C=O) groups is 1. The van der Waals surface area contributed by atoms with Crippen molar-refractivity contribution in [2.24, 2.45) is 0 Å². The number of hydrogen-bond donors (Lipinski definition) is 0. The van der Waals surface area contributed by atoms with Gasteiger partial charge >= 0.3 is 0 Å². The van der Waals surface area contributed by atoms with Gasteiger partial charge in [-0.05, 0) is 70.1 Å². The number of rotatable bonds is 2. The van der Waals surface area contributed by atoms with Gasteiger partial charge in [0.25, 0.3) is 0 Å². The molecule has 1 heterocycles. The van der Waals surface area contributed by atoms with Gasteiger partial charge in [0.2, 0.25) is 5.91 Å². The van der Waals surface area contributed by atoms with Crippen LogP contribution in [0.3, 0.4) is 0 Å². The van der Waals surface area contributed by atoms with E-state index in [4.69, 9.17) is 11.6 Å². The van der Waals surface area contributed by atoms with Crippen LogP contribution in [0.5, 0.6) is 0 Å². The van der Waals surface area contributed by atoms with E-state index in [9.17, 15) is 9.18 Å². The highest BCUT2D eigenvalue weighted by Crippen LogP contribution is 2.32. The van der Waals surface area contributed by atoms with Gasteiger partial charge in [0.15, 0.2) is 0 Å². The number of hydrogen-bond acceptors (Lipinski definition) is 1. The number of halogens is 3. The SMILES string of the molecule is O=C1Cc2cc(I)ccc2N1Cc1cc(F)ccc1Cl. The van der Waals surface area contributed by atoms with Crippen LogP contribution in [0.15, 0.2) is 36.4 Å². The number of benzene rings is 2. The molecule has 0 saturated carbocycles. The molecule has 5 heteroatoms. The van der Waals surface area contributed by atoms with Crippen LogP contribution in [-0.4, -0.2) is 5.91 Å². The van der Waals surface area contributed by atoms with E-state index in [1.54, 1.807) is 4.90 Å². The summed E-state index contributed by atoms with van der Waals surface area (Å²) in [4.78, 5) is 13.8. The van der Waals surface area contributed by atoms with Crippen molar-refractivity contribution in [3.8, 4) is 0 Å². The Morgan fingerprint density at radius 2 is 2.05 bits per heavy atom. The third kappa shape index (κ3) is 2.54. The van der Waals surface area contributed by atoms with Crippen LogP contribution in [-0.2, 0) is 17.8 Å². The maximum Gasteiger partial charge on any atom is 0.231 e. The summed E-state index contributed by atoms with van der Waals surface area (Å²) in [6, 6.07) is 10.1. The van der Waals surface area contributed by atoms with Gasteiger partial charge in [0, 0.05) is 14.3 Å². The van der Waals surface area contributed by atoms with E-state index in [-0.39, 0.29) is 11.7 Å². The van der Waals surface area contributed by atoms with Crippen LogP contribution < -0.4 is 4.90 Å². The summed E-state index contributed by atoms with van der Waals surface area (Å²) < 4.78 is 14.4. The first kappa shape index (κ1) is 13.8. The third-order valence-corrected chi connectivity index (χ3v) is 4.35. The molecule has 0 fully saturated rings. The topological polar surface area (TPSA) is 20.3 Å². The Balaban J connectivity index is 1.96. The van der Waals surface area contributed by atoms with Gasteiger partial charge in [0.1, 0.15) is 5.82 Å². The van der Waals surface area contributed by atoms with Crippen LogP contribution in [0, 0.1) is 9.39 Å². The first-order valence-corrected chi connectivity index (χ1v) is 7.53. The molecule has 0 unspecified atom stereocenters. The Hall–Kier alpha value is -1.14. The van der Waals surface area contributed by atoms with Gasteiger partial charge in [-0.15, -0.1) is 0 Å². The fraction of sp³-hybridized carbons (Fsp3) is 0.133. The summed E-state index contributed by atoms with van der Waals surface area (Å²) in [6.07, 6.45) is 0.388. The van der Waals surface area contributed by atoms with Crippen molar-refractivity contribution in [1.29, 1.82) is 0 Å². The van der Waals surface area contributed by atoms with Crippen molar-refractivity contribution in [2.75, 3.05) is 4.90 Å². The minimum absolute atomic E-state index is 0.0160. The average Bonchev–Trinajstić information content (AvgIpc) is 2.69. The second-order valence-corrected chi connectivity index (χ2v) is 6.32. The van der Waals surface area contributed by atoms with E-state index in [0.717, 1.165) is 14.8 Å². The van der Waals surface area contributed by atoms with E-state index in [1.807, 2.05) is 18.2 Å². The summed E-state index contributed by atoms with van der Waals surface area (Å²) in [7, 11) is 0. The van der Waals surface area contributed by atoms with Crippen molar-refractivity contribution in [2.45, 2.75) is 13.0 Å². The lowest BCUT2D eigenvalue weighted by Crippen LogP contribution is -2.26. The quantitative estimate of drug-likeness (QED) is 0.692. The molecule has 2 aromatic rings. The van der Waals surface area contributed by atoms with Gasteiger partial charge in [-0.2, -0.15) is 0 Å². The van der Waals surface area contributed by atoms with Crippen LogP contribution >= 0.6 is 34.2 Å². The molecule has 0 bridgehead atoms. The Labute approximate surface area is 134 Å². The molecule has 1 aliphatic heterocycles. The molecule has 2 aromatic carbocycles. The maximum atomic E-state index is 13.3. The van der Waals surface area contributed by atoms with Crippen molar-refractivity contribution in [3.05, 3.63) is 61.9 Å². The molecule has 2 nitrogen and oxygen atoms in total. The number of amides is 1. The lowest BCUT2D eigenvalue weighted by Gasteiger charge is -2.18.